The topological polar surface area (TPSA) is 42.6 Å². The van der Waals surface area contributed by atoms with Crippen molar-refractivity contribution in [3.63, 3.8) is 0 Å². The number of piperazine rings is 1. The summed E-state index contributed by atoms with van der Waals surface area (Å²) in [6.45, 7) is 3.91. The van der Waals surface area contributed by atoms with Crippen LogP contribution in [0, 0.1) is 37.5 Å². The average molecular weight is 394 g/mol. The van der Waals surface area contributed by atoms with E-state index in [1.807, 2.05) is 4.90 Å². The fourth-order valence-corrected chi connectivity index (χ4v) is 7.24. The maximum atomic E-state index is 13.1. The zero-order valence-corrected chi connectivity index (χ0v) is 16.8. The van der Waals surface area contributed by atoms with Crippen molar-refractivity contribution in [1.29, 1.82) is 0 Å². The molecular weight excluding hydrogens is 362 g/mol. The van der Waals surface area contributed by atoms with Gasteiger partial charge in [-0.3, -0.25) is 4.79 Å². The highest BCUT2D eigenvalue weighted by Gasteiger charge is 2.52. The number of amides is 1. The van der Waals surface area contributed by atoms with E-state index in [0.29, 0.717) is 15.9 Å². The molecule has 1 aromatic rings. The number of nitrogens with one attached hydrogen (secondary N) is 1. The van der Waals surface area contributed by atoms with E-state index in [1.165, 1.54) is 32.1 Å². The van der Waals surface area contributed by atoms with Crippen LogP contribution in [0.4, 0.5) is 8.78 Å². The van der Waals surface area contributed by atoms with Crippen LogP contribution in [0.2, 0.25) is 0 Å². The van der Waals surface area contributed by atoms with E-state index in [1.54, 1.807) is 18.7 Å². The van der Waals surface area contributed by atoms with Crippen molar-refractivity contribution in [1.82, 2.24) is 14.7 Å². The van der Waals surface area contributed by atoms with Crippen LogP contribution in [-0.2, 0) is 0 Å². The normalized spacial score (nSPS) is 35.2. The molecule has 1 aliphatic heterocycles. The maximum Gasteiger partial charge on any atom is 0.333 e. The molecule has 0 spiro atoms. The molecule has 1 N–H and O–H groups in total. The van der Waals surface area contributed by atoms with Gasteiger partial charge in [-0.1, -0.05) is 0 Å². The number of aryl methyl sites for hydroxylation is 1. The van der Waals surface area contributed by atoms with E-state index in [2.05, 4.69) is 5.10 Å². The number of quaternary nitrogens is 1. The van der Waals surface area contributed by atoms with Crippen LogP contribution >= 0.6 is 0 Å². The Bertz CT molecular complexity index is 741. The molecule has 0 aromatic carbocycles. The van der Waals surface area contributed by atoms with Gasteiger partial charge in [0.25, 0.3) is 5.91 Å². The molecule has 28 heavy (non-hydrogen) atoms. The minimum absolute atomic E-state index is 0.133. The van der Waals surface area contributed by atoms with Crippen molar-refractivity contribution in [2.75, 3.05) is 26.2 Å². The summed E-state index contributed by atoms with van der Waals surface area (Å²) < 4.78 is 26.9. The van der Waals surface area contributed by atoms with E-state index in [0.717, 1.165) is 55.9 Å². The summed E-state index contributed by atoms with van der Waals surface area (Å²) in [5.74, 6) is 3.62. The van der Waals surface area contributed by atoms with Crippen LogP contribution in [0.15, 0.2) is 0 Å². The Hall–Kier alpha value is -1.50. The zero-order valence-electron chi connectivity index (χ0n) is 16.8. The molecule has 1 amide bonds. The van der Waals surface area contributed by atoms with Crippen molar-refractivity contribution in [2.45, 2.75) is 58.5 Å². The molecule has 2 heterocycles. The monoisotopic (exact) mass is 393 g/mol. The van der Waals surface area contributed by atoms with Gasteiger partial charge in [-0.05, 0) is 57.8 Å². The molecule has 0 radical (unpaired) electrons. The second kappa shape index (κ2) is 6.78. The lowest BCUT2D eigenvalue weighted by Gasteiger charge is -2.56. The Labute approximate surface area is 165 Å². The highest BCUT2D eigenvalue weighted by molar-refractivity contribution is 5.96. The molecule has 5 nitrogen and oxygen atoms in total. The van der Waals surface area contributed by atoms with Crippen molar-refractivity contribution in [3.8, 4) is 0 Å². The third-order valence-corrected chi connectivity index (χ3v) is 8.11. The number of hydrogen-bond donors (Lipinski definition) is 1. The molecule has 5 aliphatic rings. The molecule has 1 saturated heterocycles. The summed E-state index contributed by atoms with van der Waals surface area (Å²) in [7, 11) is 0. The first-order valence-electron chi connectivity index (χ1n) is 10.9. The summed E-state index contributed by atoms with van der Waals surface area (Å²) in [6, 6.07) is 0.787. The molecular formula is C21H31F2N4O+. The third-order valence-electron chi connectivity index (χ3n) is 8.11. The minimum atomic E-state index is -2.71. The van der Waals surface area contributed by atoms with Gasteiger partial charge in [-0.2, -0.15) is 13.9 Å². The van der Waals surface area contributed by atoms with Gasteiger partial charge < -0.3 is 9.80 Å². The molecule has 5 fully saturated rings. The van der Waals surface area contributed by atoms with Crippen LogP contribution in [0.1, 0.15) is 60.4 Å². The highest BCUT2D eigenvalue weighted by atomic mass is 19.3. The van der Waals surface area contributed by atoms with Gasteiger partial charge >= 0.3 is 6.55 Å². The molecule has 4 saturated carbocycles. The summed E-state index contributed by atoms with van der Waals surface area (Å²) in [6.07, 6.45) is 7.18. The smallest absolute Gasteiger partial charge is 0.329 e. The highest BCUT2D eigenvalue weighted by Crippen LogP contribution is 2.53. The van der Waals surface area contributed by atoms with Gasteiger partial charge in [0.05, 0.1) is 49.2 Å². The van der Waals surface area contributed by atoms with Crippen molar-refractivity contribution in [3.05, 3.63) is 17.0 Å². The number of carbonyl (C=O) groups is 1. The van der Waals surface area contributed by atoms with Gasteiger partial charge in [0, 0.05) is 11.8 Å². The molecule has 1 aromatic heterocycles. The SMILES string of the molecule is Cc1nn(C(F)F)c(C)c1C(=O)N1CC[NH+](C2C3CC4CC(C3)CC2C4)CC1. The van der Waals surface area contributed by atoms with Gasteiger partial charge in [0.2, 0.25) is 0 Å². The molecule has 6 rings (SSSR count). The first kappa shape index (κ1) is 18.5. The summed E-state index contributed by atoms with van der Waals surface area (Å²) in [4.78, 5) is 16.6. The Morgan fingerprint density at radius 2 is 1.61 bits per heavy atom. The molecule has 4 aliphatic carbocycles. The predicted octanol–water partition coefficient (Wildman–Crippen LogP) is 2.06. The lowest BCUT2D eigenvalue weighted by Crippen LogP contribution is -3.20. The summed E-state index contributed by atoms with van der Waals surface area (Å²) in [5, 5.41) is 3.88. The van der Waals surface area contributed by atoms with Crippen LogP contribution in [0.3, 0.4) is 0 Å². The standard InChI is InChI=1S/C21H30F2N4O/c1-12-18(13(2)27(24-12)21(22)23)20(28)26-5-3-25(4-6-26)19-16-8-14-7-15(10-16)11-17(19)9-14/h14-17,19,21H,3-11H2,1-2H3/p+1. The van der Waals surface area contributed by atoms with Crippen LogP contribution < -0.4 is 4.90 Å². The Morgan fingerprint density at radius 3 is 2.11 bits per heavy atom. The van der Waals surface area contributed by atoms with Crippen LogP contribution in [0.25, 0.3) is 0 Å². The maximum absolute atomic E-state index is 13.1. The fraction of sp³-hybridized carbons (Fsp3) is 0.810. The van der Waals surface area contributed by atoms with Crippen molar-refractivity contribution >= 4 is 5.91 Å². The second-order valence-corrected chi connectivity index (χ2v) is 9.68. The number of carbonyl (C=O) groups excluding carboxylic acids is 1. The van der Waals surface area contributed by atoms with Crippen molar-refractivity contribution in [2.24, 2.45) is 23.7 Å². The van der Waals surface area contributed by atoms with E-state index >= 15 is 0 Å². The summed E-state index contributed by atoms with van der Waals surface area (Å²) in [5.41, 5.74) is 1.03. The molecule has 7 heteroatoms. The fourth-order valence-electron chi connectivity index (χ4n) is 7.24. The Morgan fingerprint density at radius 1 is 1.04 bits per heavy atom. The van der Waals surface area contributed by atoms with Gasteiger partial charge in [0.1, 0.15) is 0 Å². The second-order valence-electron chi connectivity index (χ2n) is 9.68. The molecule has 4 bridgehead atoms. The zero-order chi connectivity index (χ0) is 19.6. The number of halogens is 2. The summed E-state index contributed by atoms with van der Waals surface area (Å²) >= 11 is 0. The van der Waals surface area contributed by atoms with Gasteiger partial charge in [-0.25, -0.2) is 4.68 Å². The molecule has 0 unspecified atom stereocenters. The van der Waals surface area contributed by atoms with Crippen molar-refractivity contribution < 1.29 is 18.5 Å². The predicted molar refractivity (Wildman–Crippen MR) is 100 cm³/mol. The number of nitrogens with zero attached hydrogens (tertiary/aromatic N) is 3. The quantitative estimate of drug-likeness (QED) is 0.854. The van der Waals surface area contributed by atoms with Crippen LogP contribution in [-0.4, -0.2) is 52.8 Å². The van der Waals surface area contributed by atoms with E-state index < -0.39 is 6.55 Å². The van der Waals surface area contributed by atoms with Gasteiger partial charge in [-0.15, -0.1) is 0 Å². The van der Waals surface area contributed by atoms with E-state index in [-0.39, 0.29) is 11.6 Å². The van der Waals surface area contributed by atoms with E-state index in [9.17, 15) is 13.6 Å². The number of rotatable bonds is 3. The number of hydrogen-bond acceptors (Lipinski definition) is 2. The Kier molecular flexibility index (Phi) is 4.49. The average Bonchev–Trinajstić information content (AvgIpc) is 2.95. The first-order valence-corrected chi connectivity index (χ1v) is 10.9. The Balaban J connectivity index is 1.26. The van der Waals surface area contributed by atoms with E-state index in [4.69, 9.17) is 0 Å². The molecule has 0 atom stereocenters. The van der Waals surface area contributed by atoms with Gasteiger partial charge in [0.15, 0.2) is 0 Å². The first-order chi connectivity index (χ1) is 13.4. The lowest BCUT2D eigenvalue weighted by molar-refractivity contribution is -0.939. The number of alkyl halides is 2. The molecule has 154 valence electrons. The third kappa shape index (κ3) is 2.88. The number of aromatic nitrogens is 2. The largest absolute Gasteiger partial charge is 0.333 e. The minimum Gasteiger partial charge on any atom is -0.329 e. The lowest BCUT2D eigenvalue weighted by atomic mass is 9.54. The van der Waals surface area contributed by atoms with Crippen LogP contribution in [0.5, 0.6) is 0 Å².